The van der Waals surface area contributed by atoms with Gasteiger partial charge < -0.3 is 5.73 Å². The number of aryl methyl sites for hydroxylation is 1. The molecule has 1 aromatic rings. The van der Waals surface area contributed by atoms with Gasteiger partial charge in [-0.15, -0.1) is 0 Å². The molecule has 1 fully saturated rings. The Kier molecular flexibility index (Phi) is 5.41. The van der Waals surface area contributed by atoms with Gasteiger partial charge in [0.15, 0.2) is 0 Å². The number of hydrogen-bond acceptors (Lipinski definition) is 2. The van der Waals surface area contributed by atoms with Crippen molar-refractivity contribution in [1.29, 1.82) is 0 Å². The SMILES string of the molecule is CCCC1CCCCN1Cc1ccc(CN)cc1C. The number of hydrogen-bond donors (Lipinski definition) is 1. The molecule has 0 aromatic heterocycles. The third-order valence-electron chi connectivity index (χ3n) is 4.39. The molecular weight excluding hydrogens is 232 g/mol. The second-order valence-corrected chi connectivity index (χ2v) is 5.87. The molecule has 0 bridgehead atoms. The number of benzene rings is 1. The Labute approximate surface area is 118 Å². The molecule has 1 atom stereocenters. The van der Waals surface area contributed by atoms with E-state index < -0.39 is 0 Å². The second-order valence-electron chi connectivity index (χ2n) is 5.87. The molecule has 2 nitrogen and oxygen atoms in total. The minimum atomic E-state index is 0.642. The van der Waals surface area contributed by atoms with Gasteiger partial charge in [0.25, 0.3) is 0 Å². The highest BCUT2D eigenvalue weighted by Gasteiger charge is 2.21. The summed E-state index contributed by atoms with van der Waals surface area (Å²) in [6.07, 6.45) is 6.80. The minimum Gasteiger partial charge on any atom is -0.326 e. The lowest BCUT2D eigenvalue weighted by Crippen LogP contribution is -2.38. The summed E-state index contributed by atoms with van der Waals surface area (Å²) in [5.74, 6) is 0. The summed E-state index contributed by atoms with van der Waals surface area (Å²) in [5, 5.41) is 0. The molecule has 1 aliphatic rings. The predicted octanol–water partition coefficient (Wildman–Crippen LogP) is 3.61. The topological polar surface area (TPSA) is 29.3 Å². The molecule has 0 aliphatic carbocycles. The van der Waals surface area contributed by atoms with Crippen LogP contribution in [0.15, 0.2) is 18.2 Å². The fourth-order valence-electron chi connectivity index (χ4n) is 3.21. The van der Waals surface area contributed by atoms with Crippen molar-refractivity contribution in [2.45, 2.75) is 65.1 Å². The molecule has 106 valence electrons. The number of nitrogens with zero attached hydrogens (tertiary/aromatic N) is 1. The number of nitrogens with two attached hydrogens (primary N) is 1. The molecule has 2 rings (SSSR count). The predicted molar refractivity (Wildman–Crippen MR) is 82.0 cm³/mol. The zero-order chi connectivity index (χ0) is 13.7. The monoisotopic (exact) mass is 260 g/mol. The van der Waals surface area contributed by atoms with Crippen molar-refractivity contribution < 1.29 is 0 Å². The number of piperidine rings is 1. The van der Waals surface area contributed by atoms with E-state index in [1.165, 1.54) is 55.3 Å². The summed E-state index contributed by atoms with van der Waals surface area (Å²) < 4.78 is 0. The van der Waals surface area contributed by atoms with Crippen LogP contribution in [0.2, 0.25) is 0 Å². The maximum atomic E-state index is 5.70. The molecule has 1 unspecified atom stereocenters. The first-order chi connectivity index (χ1) is 9.24. The lowest BCUT2D eigenvalue weighted by Gasteiger charge is -2.36. The number of likely N-dealkylation sites (tertiary alicyclic amines) is 1. The molecule has 1 heterocycles. The van der Waals surface area contributed by atoms with Crippen LogP contribution in [-0.2, 0) is 13.1 Å². The van der Waals surface area contributed by atoms with Gasteiger partial charge in [-0.2, -0.15) is 0 Å². The first-order valence-electron chi connectivity index (χ1n) is 7.77. The maximum absolute atomic E-state index is 5.70. The van der Waals surface area contributed by atoms with E-state index in [1.807, 2.05) is 0 Å². The van der Waals surface area contributed by atoms with Gasteiger partial charge in [0.2, 0.25) is 0 Å². The second kappa shape index (κ2) is 7.06. The van der Waals surface area contributed by atoms with Crippen molar-refractivity contribution in [3.63, 3.8) is 0 Å². The summed E-state index contributed by atoms with van der Waals surface area (Å²) >= 11 is 0. The van der Waals surface area contributed by atoms with Crippen LogP contribution in [0, 0.1) is 6.92 Å². The zero-order valence-electron chi connectivity index (χ0n) is 12.5. The molecule has 1 aromatic carbocycles. The Balaban J connectivity index is 2.06. The average molecular weight is 260 g/mol. The Morgan fingerprint density at radius 3 is 2.84 bits per heavy atom. The highest BCUT2D eigenvalue weighted by molar-refractivity contribution is 5.31. The summed E-state index contributed by atoms with van der Waals surface area (Å²) in [5.41, 5.74) is 9.81. The zero-order valence-corrected chi connectivity index (χ0v) is 12.5. The van der Waals surface area contributed by atoms with Crippen LogP contribution in [0.25, 0.3) is 0 Å². The van der Waals surface area contributed by atoms with E-state index in [2.05, 4.69) is 36.9 Å². The van der Waals surface area contributed by atoms with Gasteiger partial charge in [-0.25, -0.2) is 0 Å². The van der Waals surface area contributed by atoms with Gasteiger partial charge in [-0.05, 0) is 49.4 Å². The van der Waals surface area contributed by atoms with Gasteiger partial charge in [0, 0.05) is 19.1 Å². The standard InChI is InChI=1S/C17H28N2/c1-3-6-17-7-4-5-10-19(17)13-16-9-8-15(12-18)11-14(16)2/h8-9,11,17H,3-7,10,12-13,18H2,1-2H3. The van der Waals surface area contributed by atoms with Crippen LogP contribution in [0.5, 0.6) is 0 Å². The molecule has 0 saturated carbocycles. The lowest BCUT2D eigenvalue weighted by atomic mass is 9.96. The third-order valence-corrected chi connectivity index (χ3v) is 4.39. The lowest BCUT2D eigenvalue weighted by molar-refractivity contribution is 0.131. The van der Waals surface area contributed by atoms with Crippen LogP contribution in [0.3, 0.4) is 0 Å². The van der Waals surface area contributed by atoms with E-state index >= 15 is 0 Å². The van der Waals surface area contributed by atoms with Crippen molar-refractivity contribution in [3.8, 4) is 0 Å². The Morgan fingerprint density at radius 1 is 1.32 bits per heavy atom. The Hall–Kier alpha value is -0.860. The quantitative estimate of drug-likeness (QED) is 0.876. The van der Waals surface area contributed by atoms with Crippen molar-refractivity contribution in [1.82, 2.24) is 4.90 Å². The Bertz CT molecular complexity index is 398. The van der Waals surface area contributed by atoms with E-state index in [4.69, 9.17) is 5.73 Å². The van der Waals surface area contributed by atoms with Crippen molar-refractivity contribution in [2.24, 2.45) is 5.73 Å². The summed E-state index contributed by atoms with van der Waals surface area (Å²) in [7, 11) is 0. The first-order valence-corrected chi connectivity index (χ1v) is 7.77. The molecule has 0 radical (unpaired) electrons. The maximum Gasteiger partial charge on any atom is 0.0239 e. The van der Waals surface area contributed by atoms with E-state index in [0.29, 0.717) is 6.54 Å². The van der Waals surface area contributed by atoms with E-state index in [-0.39, 0.29) is 0 Å². The molecule has 1 aliphatic heterocycles. The van der Waals surface area contributed by atoms with Gasteiger partial charge >= 0.3 is 0 Å². The molecule has 0 amide bonds. The van der Waals surface area contributed by atoms with Gasteiger partial charge in [-0.1, -0.05) is 38.0 Å². The Morgan fingerprint density at radius 2 is 2.16 bits per heavy atom. The van der Waals surface area contributed by atoms with Gasteiger partial charge in [0.1, 0.15) is 0 Å². The third kappa shape index (κ3) is 3.80. The fourth-order valence-corrected chi connectivity index (χ4v) is 3.21. The van der Waals surface area contributed by atoms with Crippen LogP contribution in [0.1, 0.15) is 55.7 Å². The molecule has 0 spiro atoms. The highest BCUT2D eigenvalue weighted by Crippen LogP contribution is 2.24. The minimum absolute atomic E-state index is 0.642. The summed E-state index contributed by atoms with van der Waals surface area (Å²) in [4.78, 5) is 2.69. The smallest absolute Gasteiger partial charge is 0.0239 e. The molecule has 1 saturated heterocycles. The summed E-state index contributed by atoms with van der Waals surface area (Å²) in [6, 6.07) is 7.50. The molecule has 2 heteroatoms. The van der Waals surface area contributed by atoms with Crippen LogP contribution in [0.4, 0.5) is 0 Å². The van der Waals surface area contributed by atoms with Crippen LogP contribution < -0.4 is 5.73 Å². The first kappa shape index (κ1) is 14.5. The number of rotatable bonds is 5. The van der Waals surface area contributed by atoms with Crippen molar-refractivity contribution >= 4 is 0 Å². The highest BCUT2D eigenvalue weighted by atomic mass is 15.2. The van der Waals surface area contributed by atoms with Crippen LogP contribution in [-0.4, -0.2) is 17.5 Å². The fraction of sp³-hybridized carbons (Fsp3) is 0.647. The van der Waals surface area contributed by atoms with Crippen molar-refractivity contribution in [3.05, 3.63) is 34.9 Å². The van der Waals surface area contributed by atoms with E-state index in [9.17, 15) is 0 Å². The van der Waals surface area contributed by atoms with Crippen LogP contribution >= 0.6 is 0 Å². The largest absolute Gasteiger partial charge is 0.326 e. The van der Waals surface area contributed by atoms with Gasteiger partial charge in [0.05, 0.1) is 0 Å². The average Bonchev–Trinajstić information content (AvgIpc) is 2.43. The van der Waals surface area contributed by atoms with Gasteiger partial charge in [-0.3, -0.25) is 4.90 Å². The van der Waals surface area contributed by atoms with E-state index in [0.717, 1.165) is 12.6 Å². The molecule has 2 N–H and O–H groups in total. The normalized spacial score (nSPS) is 20.7. The molecular formula is C17H28N2. The molecule has 19 heavy (non-hydrogen) atoms. The summed E-state index contributed by atoms with van der Waals surface area (Å²) in [6.45, 7) is 7.54. The van der Waals surface area contributed by atoms with Crippen molar-refractivity contribution in [2.75, 3.05) is 6.54 Å². The van der Waals surface area contributed by atoms with E-state index in [1.54, 1.807) is 0 Å².